The van der Waals surface area contributed by atoms with E-state index in [9.17, 15) is 9.90 Å². The number of aliphatic hydroxyl groups is 1. The van der Waals surface area contributed by atoms with Gasteiger partial charge in [-0.1, -0.05) is 24.1 Å². The Labute approximate surface area is 148 Å². The molecule has 0 atom stereocenters. The van der Waals surface area contributed by atoms with Crippen molar-refractivity contribution in [3.63, 3.8) is 0 Å². The second kappa shape index (κ2) is 7.66. The van der Waals surface area contributed by atoms with E-state index in [1.807, 2.05) is 37.3 Å². The second-order valence-electron chi connectivity index (χ2n) is 6.93. The number of aromatic nitrogens is 1. The fourth-order valence-corrected chi connectivity index (χ4v) is 3.18. The van der Waals surface area contributed by atoms with E-state index >= 15 is 0 Å². The number of carbonyl (C=O) groups excluding carboxylic acids is 1. The van der Waals surface area contributed by atoms with Crippen LogP contribution in [0.5, 0.6) is 0 Å². The van der Waals surface area contributed by atoms with Gasteiger partial charge in [0.15, 0.2) is 0 Å². The van der Waals surface area contributed by atoms with Gasteiger partial charge in [-0.2, -0.15) is 0 Å². The Balaban J connectivity index is 1.56. The average Bonchev–Trinajstić information content (AvgIpc) is 2.59. The maximum Gasteiger partial charge on any atom is 0.257 e. The molecule has 5 heteroatoms. The summed E-state index contributed by atoms with van der Waals surface area (Å²) < 4.78 is 0. The Hall–Kier alpha value is -2.40. The molecule has 1 fully saturated rings. The van der Waals surface area contributed by atoms with Gasteiger partial charge in [-0.3, -0.25) is 4.79 Å². The number of carbonyl (C=O) groups is 1. The van der Waals surface area contributed by atoms with Gasteiger partial charge in [0.25, 0.3) is 5.91 Å². The molecule has 0 aliphatic heterocycles. The molecule has 0 spiro atoms. The van der Waals surface area contributed by atoms with Gasteiger partial charge in [0.1, 0.15) is 5.82 Å². The molecule has 0 radical (unpaired) electrons. The highest BCUT2D eigenvalue weighted by atomic mass is 16.3. The third kappa shape index (κ3) is 4.37. The molecule has 1 aromatic heterocycles. The summed E-state index contributed by atoms with van der Waals surface area (Å²) in [5.41, 5.74) is 2.66. The summed E-state index contributed by atoms with van der Waals surface area (Å²) >= 11 is 0. The highest BCUT2D eigenvalue weighted by molar-refractivity contribution is 6.04. The van der Waals surface area contributed by atoms with E-state index in [1.54, 1.807) is 12.3 Å². The van der Waals surface area contributed by atoms with Crippen LogP contribution >= 0.6 is 0 Å². The van der Waals surface area contributed by atoms with Crippen molar-refractivity contribution in [3.05, 3.63) is 53.7 Å². The molecule has 1 aromatic carbocycles. The summed E-state index contributed by atoms with van der Waals surface area (Å²) in [6, 6.07) is 11.3. The van der Waals surface area contributed by atoms with Crippen molar-refractivity contribution >= 4 is 17.4 Å². The number of anilines is 2. The van der Waals surface area contributed by atoms with Crippen molar-refractivity contribution in [3.8, 4) is 0 Å². The Morgan fingerprint density at radius 2 is 1.96 bits per heavy atom. The summed E-state index contributed by atoms with van der Waals surface area (Å²) in [6.45, 7) is 3.05. The lowest BCUT2D eigenvalue weighted by atomic mass is 9.67. The van der Waals surface area contributed by atoms with E-state index in [4.69, 9.17) is 0 Å². The van der Waals surface area contributed by atoms with Gasteiger partial charge < -0.3 is 15.7 Å². The minimum absolute atomic E-state index is 0.168. The first kappa shape index (κ1) is 17.4. The number of rotatable bonds is 7. The number of hydrogen-bond donors (Lipinski definition) is 3. The zero-order valence-corrected chi connectivity index (χ0v) is 14.6. The third-order valence-corrected chi connectivity index (χ3v) is 5.04. The van der Waals surface area contributed by atoms with Crippen LogP contribution in [0.1, 0.15) is 41.6 Å². The van der Waals surface area contributed by atoms with Crippen LogP contribution in [0, 0.1) is 12.3 Å². The van der Waals surface area contributed by atoms with Crippen LogP contribution in [0.15, 0.2) is 42.6 Å². The van der Waals surface area contributed by atoms with Gasteiger partial charge in [0, 0.05) is 25.0 Å². The van der Waals surface area contributed by atoms with E-state index in [1.165, 1.54) is 6.42 Å². The van der Waals surface area contributed by atoms with Crippen molar-refractivity contribution in [1.82, 2.24) is 4.98 Å². The lowest BCUT2D eigenvalue weighted by molar-refractivity contribution is 0.101. The largest absolute Gasteiger partial charge is 0.396 e. The molecule has 132 valence electrons. The molecule has 0 unspecified atom stereocenters. The molecular weight excluding hydrogens is 314 g/mol. The number of pyridine rings is 1. The molecule has 3 N–H and O–H groups in total. The van der Waals surface area contributed by atoms with Crippen molar-refractivity contribution in [1.29, 1.82) is 0 Å². The normalized spacial score (nSPS) is 15.3. The monoisotopic (exact) mass is 339 g/mol. The molecule has 1 amide bonds. The van der Waals surface area contributed by atoms with E-state index in [0.717, 1.165) is 42.9 Å². The van der Waals surface area contributed by atoms with E-state index < -0.39 is 0 Å². The van der Waals surface area contributed by atoms with Gasteiger partial charge in [-0.15, -0.1) is 0 Å². The van der Waals surface area contributed by atoms with Crippen LogP contribution in [0.3, 0.4) is 0 Å². The number of nitrogens with one attached hydrogen (secondary N) is 2. The molecule has 1 saturated carbocycles. The molecular formula is C20H25N3O2. The fourth-order valence-electron chi connectivity index (χ4n) is 3.18. The van der Waals surface area contributed by atoms with Crippen LogP contribution in [0.25, 0.3) is 0 Å². The summed E-state index contributed by atoms with van der Waals surface area (Å²) in [5, 5.41) is 15.4. The Bertz CT molecular complexity index is 707. The number of aliphatic hydroxyl groups excluding tert-OH is 1. The lowest BCUT2D eigenvalue weighted by Gasteiger charge is -2.42. The zero-order chi connectivity index (χ0) is 17.7. The number of benzene rings is 1. The highest BCUT2D eigenvalue weighted by Crippen LogP contribution is 2.43. The van der Waals surface area contributed by atoms with Gasteiger partial charge in [0.05, 0.1) is 5.56 Å². The van der Waals surface area contributed by atoms with Crippen LogP contribution in [0.2, 0.25) is 0 Å². The number of hydrogen-bond acceptors (Lipinski definition) is 4. The van der Waals surface area contributed by atoms with Crippen LogP contribution in [-0.2, 0) is 0 Å². The van der Waals surface area contributed by atoms with Gasteiger partial charge in [-0.25, -0.2) is 4.98 Å². The quantitative estimate of drug-likeness (QED) is 0.720. The van der Waals surface area contributed by atoms with Gasteiger partial charge in [-0.05, 0) is 55.9 Å². The number of nitrogens with zero attached hydrogens (tertiary/aromatic N) is 1. The molecule has 0 saturated heterocycles. The Kier molecular flexibility index (Phi) is 5.34. The predicted molar refractivity (Wildman–Crippen MR) is 99.8 cm³/mol. The maximum absolute atomic E-state index is 12.3. The molecule has 1 heterocycles. The summed E-state index contributed by atoms with van der Waals surface area (Å²) in [7, 11) is 0. The first-order chi connectivity index (χ1) is 12.1. The topological polar surface area (TPSA) is 74.2 Å². The van der Waals surface area contributed by atoms with Crippen molar-refractivity contribution in [2.75, 3.05) is 23.8 Å². The van der Waals surface area contributed by atoms with Crippen LogP contribution < -0.4 is 10.6 Å². The van der Waals surface area contributed by atoms with E-state index in [2.05, 4.69) is 15.6 Å². The Morgan fingerprint density at radius 3 is 2.52 bits per heavy atom. The lowest BCUT2D eigenvalue weighted by Crippen LogP contribution is -2.37. The van der Waals surface area contributed by atoms with Gasteiger partial charge >= 0.3 is 0 Å². The standard InChI is InChI=1S/C20H25N3O2/c1-15-3-6-17(7-4-15)23-19(25)16-5-8-18(21-13-16)22-14-20(11-12-24)9-2-10-20/h3-8,13,24H,2,9-12,14H2,1H3,(H,21,22)(H,23,25). The van der Waals surface area contributed by atoms with E-state index in [0.29, 0.717) is 5.56 Å². The van der Waals surface area contributed by atoms with E-state index in [-0.39, 0.29) is 17.9 Å². The van der Waals surface area contributed by atoms with Crippen LogP contribution in [-0.4, -0.2) is 29.1 Å². The first-order valence-electron chi connectivity index (χ1n) is 8.79. The van der Waals surface area contributed by atoms with Crippen molar-refractivity contribution < 1.29 is 9.90 Å². The van der Waals surface area contributed by atoms with Crippen LogP contribution in [0.4, 0.5) is 11.5 Å². The summed E-state index contributed by atoms with van der Waals surface area (Å²) in [6.07, 6.45) is 5.95. The number of amides is 1. The molecule has 25 heavy (non-hydrogen) atoms. The first-order valence-corrected chi connectivity index (χ1v) is 8.79. The molecule has 1 aliphatic carbocycles. The predicted octanol–water partition coefficient (Wildman–Crippen LogP) is 3.61. The number of aryl methyl sites for hydroxylation is 1. The average molecular weight is 339 g/mol. The molecule has 1 aliphatic rings. The molecule has 3 rings (SSSR count). The summed E-state index contributed by atoms with van der Waals surface area (Å²) in [4.78, 5) is 16.6. The minimum atomic E-state index is -0.168. The second-order valence-corrected chi connectivity index (χ2v) is 6.93. The maximum atomic E-state index is 12.3. The fraction of sp³-hybridized carbons (Fsp3) is 0.400. The summed E-state index contributed by atoms with van der Waals surface area (Å²) in [5.74, 6) is 0.592. The zero-order valence-electron chi connectivity index (χ0n) is 14.6. The highest BCUT2D eigenvalue weighted by Gasteiger charge is 2.36. The molecule has 2 aromatic rings. The Morgan fingerprint density at radius 1 is 1.20 bits per heavy atom. The minimum Gasteiger partial charge on any atom is -0.396 e. The van der Waals surface area contributed by atoms with Crippen molar-refractivity contribution in [2.45, 2.75) is 32.6 Å². The smallest absolute Gasteiger partial charge is 0.257 e. The SMILES string of the molecule is Cc1ccc(NC(=O)c2ccc(NCC3(CCO)CCC3)nc2)cc1. The molecule has 5 nitrogen and oxygen atoms in total. The van der Waals surface area contributed by atoms with Crippen molar-refractivity contribution in [2.24, 2.45) is 5.41 Å². The third-order valence-electron chi connectivity index (χ3n) is 5.04. The van der Waals surface area contributed by atoms with Gasteiger partial charge in [0.2, 0.25) is 0 Å². The molecule has 0 bridgehead atoms.